The molecule has 32 heavy (non-hydrogen) atoms. The fourth-order valence-electron chi connectivity index (χ4n) is 3.41. The number of nitrogens with one attached hydrogen (secondary N) is 1. The minimum atomic E-state index is -4.40. The number of ether oxygens (including phenoxy) is 1. The van der Waals surface area contributed by atoms with E-state index in [1.54, 1.807) is 37.4 Å². The lowest BCUT2D eigenvalue weighted by Gasteiger charge is -2.17. The number of rotatable bonds is 5. The number of halogens is 3. The van der Waals surface area contributed by atoms with Gasteiger partial charge in [0.2, 0.25) is 0 Å². The minimum absolute atomic E-state index is 0.133. The summed E-state index contributed by atoms with van der Waals surface area (Å²) >= 11 is 0. The van der Waals surface area contributed by atoms with Gasteiger partial charge in [-0.2, -0.15) is 13.2 Å². The molecular weight excluding hydrogens is 419 g/mol. The first-order valence-electron chi connectivity index (χ1n) is 9.85. The van der Waals surface area contributed by atoms with Crippen molar-refractivity contribution in [2.75, 3.05) is 12.5 Å². The van der Waals surface area contributed by atoms with Crippen molar-refractivity contribution in [1.29, 1.82) is 0 Å². The summed E-state index contributed by atoms with van der Waals surface area (Å²) in [7, 11) is 1.57. The molecule has 0 saturated carbocycles. The predicted octanol–water partition coefficient (Wildman–Crippen LogP) is 5.14. The van der Waals surface area contributed by atoms with Crippen LogP contribution in [-0.2, 0) is 12.7 Å². The molecule has 4 aromatic rings. The summed E-state index contributed by atoms with van der Waals surface area (Å²) in [5.74, 6) is 1.03. The zero-order valence-electron chi connectivity index (χ0n) is 17.4. The Labute approximate surface area is 182 Å². The average Bonchev–Trinajstić information content (AvgIpc) is 2.78. The third-order valence-corrected chi connectivity index (χ3v) is 5.16. The number of benzene rings is 3. The second-order valence-corrected chi connectivity index (χ2v) is 7.31. The van der Waals surface area contributed by atoms with Gasteiger partial charge in [-0.3, -0.25) is 4.79 Å². The van der Waals surface area contributed by atoms with E-state index in [-0.39, 0.29) is 12.1 Å². The number of methoxy groups -OCH3 is 1. The SMILES string of the molecule is COc1cc(-c2nc3ccccc3c(=O)n2NCc2ccc(C(F)(F)F)cc2)ccc1C. The highest BCUT2D eigenvalue weighted by Gasteiger charge is 2.29. The van der Waals surface area contributed by atoms with Gasteiger partial charge in [0, 0.05) is 5.56 Å². The van der Waals surface area contributed by atoms with Gasteiger partial charge in [-0.25, -0.2) is 9.66 Å². The Morgan fingerprint density at radius 3 is 2.44 bits per heavy atom. The molecule has 0 spiro atoms. The molecule has 1 aromatic heterocycles. The summed E-state index contributed by atoms with van der Waals surface area (Å²) < 4.78 is 45.2. The van der Waals surface area contributed by atoms with Gasteiger partial charge in [0.1, 0.15) is 5.75 Å². The Balaban J connectivity index is 1.76. The molecule has 1 N–H and O–H groups in total. The molecule has 0 aliphatic carbocycles. The third-order valence-electron chi connectivity index (χ3n) is 5.16. The number of alkyl halides is 3. The first kappa shape index (κ1) is 21.4. The molecule has 0 aliphatic heterocycles. The van der Waals surface area contributed by atoms with Crippen LogP contribution in [0.5, 0.6) is 5.75 Å². The van der Waals surface area contributed by atoms with Gasteiger partial charge in [-0.15, -0.1) is 0 Å². The summed E-state index contributed by atoms with van der Waals surface area (Å²) in [6.45, 7) is 2.04. The predicted molar refractivity (Wildman–Crippen MR) is 117 cm³/mol. The average molecular weight is 439 g/mol. The molecule has 5 nitrogen and oxygen atoms in total. The van der Waals surface area contributed by atoms with E-state index in [2.05, 4.69) is 10.4 Å². The monoisotopic (exact) mass is 439 g/mol. The Hall–Kier alpha value is -3.81. The van der Waals surface area contributed by atoms with E-state index in [1.165, 1.54) is 16.8 Å². The highest BCUT2D eigenvalue weighted by Crippen LogP contribution is 2.29. The van der Waals surface area contributed by atoms with Crippen LogP contribution in [0.1, 0.15) is 16.7 Å². The molecule has 1 heterocycles. The highest BCUT2D eigenvalue weighted by atomic mass is 19.4. The van der Waals surface area contributed by atoms with Crippen LogP contribution in [0.15, 0.2) is 71.5 Å². The van der Waals surface area contributed by atoms with Crippen LogP contribution >= 0.6 is 0 Å². The zero-order valence-corrected chi connectivity index (χ0v) is 17.4. The molecule has 0 atom stereocenters. The standard InChI is InChI=1S/C24H20F3N3O2/c1-15-7-10-17(13-21(15)32-2)22-29-20-6-4-3-5-19(20)23(31)30(22)28-14-16-8-11-18(12-9-16)24(25,26)27/h3-13,28H,14H2,1-2H3. The van der Waals surface area contributed by atoms with Crippen LogP contribution in [0.3, 0.4) is 0 Å². The fourth-order valence-corrected chi connectivity index (χ4v) is 3.41. The number of fused-ring (bicyclic) bond motifs is 1. The molecule has 164 valence electrons. The van der Waals surface area contributed by atoms with Crippen molar-refractivity contribution in [2.24, 2.45) is 0 Å². The second kappa shape index (κ2) is 8.37. The lowest BCUT2D eigenvalue weighted by molar-refractivity contribution is -0.137. The van der Waals surface area contributed by atoms with Gasteiger partial charge < -0.3 is 10.2 Å². The second-order valence-electron chi connectivity index (χ2n) is 7.31. The number of aryl methyl sites for hydroxylation is 1. The Morgan fingerprint density at radius 1 is 1.03 bits per heavy atom. The molecule has 0 unspecified atom stereocenters. The molecule has 0 aliphatic rings. The lowest BCUT2D eigenvalue weighted by atomic mass is 10.1. The van der Waals surface area contributed by atoms with Gasteiger partial charge in [0.15, 0.2) is 5.82 Å². The number of nitrogens with zero attached hydrogens (tertiary/aromatic N) is 2. The van der Waals surface area contributed by atoms with E-state index in [4.69, 9.17) is 4.74 Å². The summed E-state index contributed by atoms with van der Waals surface area (Å²) in [6.07, 6.45) is -4.40. The van der Waals surface area contributed by atoms with Crippen molar-refractivity contribution in [2.45, 2.75) is 19.6 Å². The van der Waals surface area contributed by atoms with Crippen molar-refractivity contribution < 1.29 is 17.9 Å². The van der Waals surface area contributed by atoms with Gasteiger partial charge in [-0.05, 0) is 48.4 Å². The molecule has 0 bridgehead atoms. The van der Waals surface area contributed by atoms with E-state index in [0.717, 1.165) is 17.7 Å². The van der Waals surface area contributed by atoms with Crippen LogP contribution in [0.25, 0.3) is 22.3 Å². The van der Waals surface area contributed by atoms with Crippen LogP contribution in [-0.4, -0.2) is 16.8 Å². The van der Waals surface area contributed by atoms with Crippen molar-refractivity contribution in [3.63, 3.8) is 0 Å². The quantitative estimate of drug-likeness (QED) is 0.468. The number of hydrogen-bond donors (Lipinski definition) is 1. The van der Waals surface area contributed by atoms with Gasteiger partial charge in [-0.1, -0.05) is 36.4 Å². The van der Waals surface area contributed by atoms with Crippen LogP contribution in [0, 0.1) is 6.92 Å². The summed E-state index contributed by atoms with van der Waals surface area (Å²) in [5, 5.41) is 0.426. The Bertz CT molecular complexity index is 1330. The largest absolute Gasteiger partial charge is 0.496 e. The fraction of sp³-hybridized carbons (Fsp3) is 0.167. The van der Waals surface area contributed by atoms with Crippen molar-refractivity contribution in [3.8, 4) is 17.1 Å². The van der Waals surface area contributed by atoms with Crippen molar-refractivity contribution in [1.82, 2.24) is 9.66 Å². The molecule has 0 saturated heterocycles. The maximum Gasteiger partial charge on any atom is 0.416 e. The van der Waals surface area contributed by atoms with Crippen LogP contribution < -0.4 is 15.7 Å². The van der Waals surface area contributed by atoms with E-state index < -0.39 is 11.7 Å². The molecule has 0 amide bonds. The topological polar surface area (TPSA) is 56.1 Å². The maximum absolute atomic E-state index is 13.2. The van der Waals surface area contributed by atoms with E-state index in [0.29, 0.717) is 33.6 Å². The Morgan fingerprint density at radius 2 is 1.75 bits per heavy atom. The van der Waals surface area contributed by atoms with Crippen LogP contribution in [0.4, 0.5) is 13.2 Å². The summed E-state index contributed by atoms with van der Waals surface area (Å²) in [6, 6.07) is 17.3. The number of para-hydroxylation sites is 1. The van der Waals surface area contributed by atoms with Gasteiger partial charge in [0.05, 0.1) is 30.1 Å². The van der Waals surface area contributed by atoms with E-state index in [1.807, 2.05) is 19.1 Å². The minimum Gasteiger partial charge on any atom is -0.496 e. The molecule has 4 rings (SSSR count). The van der Waals surface area contributed by atoms with E-state index >= 15 is 0 Å². The van der Waals surface area contributed by atoms with Crippen LogP contribution in [0.2, 0.25) is 0 Å². The third kappa shape index (κ3) is 4.16. The van der Waals surface area contributed by atoms with Gasteiger partial charge >= 0.3 is 6.18 Å². The van der Waals surface area contributed by atoms with Gasteiger partial charge in [0.25, 0.3) is 5.56 Å². The molecule has 0 radical (unpaired) electrons. The first-order chi connectivity index (χ1) is 15.3. The maximum atomic E-state index is 13.2. The van der Waals surface area contributed by atoms with Crippen molar-refractivity contribution >= 4 is 10.9 Å². The Kier molecular flexibility index (Phi) is 5.61. The highest BCUT2D eigenvalue weighted by molar-refractivity contribution is 5.80. The molecule has 0 fully saturated rings. The molecular formula is C24H20F3N3O2. The number of hydrogen-bond acceptors (Lipinski definition) is 4. The first-order valence-corrected chi connectivity index (χ1v) is 9.85. The zero-order chi connectivity index (χ0) is 22.9. The molecule has 3 aromatic carbocycles. The van der Waals surface area contributed by atoms with Crippen molar-refractivity contribution in [3.05, 3.63) is 93.8 Å². The normalized spacial score (nSPS) is 11.5. The number of aromatic nitrogens is 2. The molecule has 8 heteroatoms. The van der Waals surface area contributed by atoms with E-state index in [9.17, 15) is 18.0 Å². The summed E-state index contributed by atoms with van der Waals surface area (Å²) in [5.41, 5.74) is 4.71. The summed E-state index contributed by atoms with van der Waals surface area (Å²) in [4.78, 5) is 17.9. The lowest BCUT2D eigenvalue weighted by Crippen LogP contribution is -2.31. The smallest absolute Gasteiger partial charge is 0.416 e.